The van der Waals surface area contributed by atoms with Crippen LogP contribution in [0.5, 0.6) is 0 Å². The third-order valence-electron chi connectivity index (χ3n) is 3.59. The third-order valence-corrected chi connectivity index (χ3v) is 6.10. The van der Waals surface area contributed by atoms with Gasteiger partial charge in [0.2, 0.25) is 0 Å². The second-order valence-electron chi connectivity index (χ2n) is 5.24. The Bertz CT molecular complexity index is 901. The van der Waals surface area contributed by atoms with E-state index in [2.05, 4.69) is 9.97 Å². The molecule has 0 N–H and O–H groups in total. The van der Waals surface area contributed by atoms with E-state index in [0.29, 0.717) is 22.0 Å². The lowest BCUT2D eigenvalue weighted by atomic mass is 10.3. The minimum atomic E-state index is -4.51. The van der Waals surface area contributed by atoms with Crippen molar-refractivity contribution in [3.05, 3.63) is 28.9 Å². The van der Waals surface area contributed by atoms with Crippen molar-refractivity contribution in [3.63, 3.8) is 0 Å². The molecule has 0 radical (unpaired) electrons. The average molecular weight is 373 g/mol. The van der Waals surface area contributed by atoms with Gasteiger partial charge < -0.3 is 9.12 Å². The number of rotatable bonds is 3. The summed E-state index contributed by atoms with van der Waals surface area (Å²) in [6, 6.07) is 2.79. The lowest BCUT2D eigenvalue weighted by Gasteiger charge is -2.08. The van der Waals surface area contributed by atoms with Crippen LogP contribution in [0, 0.1) is 6.92 Å². The minimum absolute atomic E-state index is 0.217. The first-order valence-corrected chi connectivity index (χ1v) is 9.24. The van der Waals surface area contributed by atoms with Crippen LogP contribution in [0.25, 0.3) is 21.7 Å². The summed E-state index contributed by atoms with van der Waals surface area (Å²) in [5, 5.41) is 0. The van der Waals surface area contributed by atoms with E-state index in [4.69, 9.17) is 0 Å². The first-order valence-electron chi connectivity index (χ1n) is 7.11. The monoisotopic (exact) mass is 373 g/mol. The predicted octanol–water partition coefficient (Wildman–Crippen LogP) is 4.15. The highest BCUT2D eigenvalue weighted by Gasteiger charge is 2.33. The zero-order chi connectivity index (χ0) is 17.6. The molecule has 3 aromatic heterocycles. The van der Waals surface area contributed by atoms with Crippen molar-refractivity contribution < 1.29 is 17.7 Å². The van der Waals surface area contributed by atoms with Crippen LogP contribution < -0.4 is 0 Å². The highest BCUT2D eigenvalue weighted by Crippen LogP contribution is 2.37. The molecule has 0 saturated heterocycles. The zero-order valence-electron chi connectivity index (χ0n) is 13.1. The van der Waals surface area contributed by atoms with E-state index < -0.39 is 23.0 Å². The number of alkyl halides is 3. The van der Waals surface area contributed by atoms with Crippen LogP contribution in [-0.4, -0.2) is 24.8 Å². The molecular weight excluding hydrogens is 359 g/mol. The van der Waals surface area contributed by atoms with E-state index >= 15 is 0 Å². The standard InChI is InChI=1S/C15H14F3N3OS2/c1-4-24(22)11-5-8(2)23-13(11)14-20-9-6-12(15(16,17)18)19-7-10(9)21(14)3/h5-7H,4H2,1-3H3. The Balaban J connectivity index is 2.19. The molecule has 1 atom stereocenters. The van der Waals surface area contributed by atoms with Crippen LogP contribution in [0.4, 0.5) is 13.2 Å². The molecule has 0 aliphatic heterocycles. The fourth-order valence-corrected chi connectivity index (χ4v) is 4.75. The summed E-state index contributed by atoms with van der Waals surface area (Å²) < 4.78 is 52.4. The molecule has 0 aliphatic rings. The molecule has 1 unspecified atom stereocenters. The largest absolute Gasteiger partial charge is 0.611 e. The summed E-state index contributed by atoms with van der Waals surface area (Å²) in [7, 11) is 1.72. The first kappa shape index (κ1) is 17.2. The van der Waals surface area contributed by atoms with Crippen molar-refractivity contribution in [2.24, 2.45) is 7.05 Å². The van der Waals surface area contributed by atoms with Gasteiger partial charge in [0.15, 0.2) is 10.7 Å². The molecule has 0 saturated carbocycles. The number of nitrogens with zero attached hydrogens (tertiary/aromatic N) is 3. The lowest BCUT2D eigenvalue weighted by Crippen LogP contribution is -2.07. The molecule has 3 rings (SSSR count). The van der Waals surface area contributed by atoms with Crippen molar-refractivity contribution in [2.75, 3.05) is 5.75 Å². The van der Waals surface area contributed by atoms with E-state index in [1.807, 2.05) is 19.9 Å². The molecule has 24 heavy (non-hydrogen) atoms. The van der Waals surface area contributed by atoms with Gasteiger partial charge in [-0.3, -0.25) is 0 Å². The maximum atomic E-state index is 12.8. The predicted molar refractivity (Wildman–Crippen MR) is 88.5 cm³/mol. The van der Waals surface area contributed by atoms with Gasteiger partial charge in [-0.25, -0.2) is 9.97 Å². The molecule has 0 aromatic carbocycles. The van der Waals surface area contributed by atoms with Gasteiger partial charge in [-0.1, -0.05) is 0 Å². The van der Waals surface area contributed by atoms with Gasteiger partial charge in [0.05, 0.1) is 17.2 Å². The Hall–Kier alpha value is -1.58. The molecule has 0 bridgehead atoms. The normalized spacial score (nSPS) is 13.6. The summed E-state index contributed by atoms with van der Waals surface area (Å²) in [5.41, 5.74) is -0.259. The molecule has 0 fully saturated rings. The second-order valence-corrected chi connectivity index (χ2v) is 8.20. The Kier molecular flexibility index (Phi) is 4.35. The molecule has 3 heterocycles. The number of halogens is 3. The molecule has 9 heteroatoms. The smallest absolute Gasteiger partial charge is 0.433 e. The fraction of sp³-hybridized carbons (Fsp3) is 0.333. The minimum Gasteiger partial charge on any atom is -0.611 e. The summed E-state index contributed by atoms with van der Waals surface area (Å²) >= 11 is 0.263. The molecule has 128 valence electrons. The Morgan fingerprint density at radius 2 is 2.04 bits per heavy atom. The molecular formula is C15H14F3N3OS2. The van der Waals surface area contributed by atoms with E-state index in [9.17, 15) is 17.7 Å². The van der Waals surface area contributed by atoms with Crippen LogP contribution in [0.15, 0.2) is 23.2 Å². The van der Waals surface area contributed by atoms with Gasteiger partial charge in [0.25, 0.3) is 0 Å². The topological polar surface area (TPSA) is 53.8 Å². The summed E-state index contributed by atoms with van der Waals surface area (Å²) in [4.78, 5) is 10.2. The van der Waals surface area contributed by atoms with Crippen LogP contribution in [-0.2, 0) is 24.4 Å². The van der Waals surface area contributed by atoms with Crippen molar-refractivity contribution in [1.29, 1.82) is 0 Å². The number of fused-ring (bicyclic) bond motifs is 1. The van der Waals surface area contributed by atoms with Crippen molar-refractivity contribution >= 4 is 33.5 Å². The highest BCUT2D eigenvalue weighted by molar-refractivity contribution is 7.91. The van der Waals surface area contributed by atoms with Gasteiger partial charge in [-0.2, -0.15) is 13.2 Å². The lowest BCUT2D eigenvalue weighted by molar-refractivity contribution is -0.141. The number of hydrogen-bond acceptors (Lipinski definition) is 4. The van der Waals surface area contributed by atoms with E-state index in [1.165, 1.54) is 17.5 Å². The van der Waals surface area contributed by atoms with Crippen LogP contribution >= 0.6 is 11.3 Å². The van der Waals surface area contributed by atoms with Gasteiger partial charge >= 0.3 is 6.18 Å². The van der Waals surface area contributed by atoms with Crippen molar-refractivity contribution in [2.45, 2.75) is 24.9 Å². The van der Waals surface area contributed by atoms with Crippen molar-refractivity contribution in [1.82, 2.24) is 14.5 Å². The second kappa shape index (κ2) is 6.05. The summed E-state index contributed by atoms with van der Waals surface area (Å²) in [5.74, 6) is 0.966. The molecule has 0 spiro atoms. The van der Waals surface area contributed by atoms with Gasteiger partial charge in [0.1, 0.15) is 16.3 Å². The molecule has 0 aliphatic carbocycles. The van der Waals surface area contributed by atoms with Gasteiger partial charge in [-0.15, -0.1) is 11.3 Å². The van der Waals surface area contributed by atoms with Gasteiger partial charge in [0, 0.05) is 18.0 Å². The zero-order valence-corrected chi connectivity index (χ0v) is 14.8. The van der Waals surface area contributed by atoms with Crippen LogP contribution in [0.2, 0.25) is 0 Å². The summed E-state index contributed by atoms with van der Waals surface area (Å²) in [6.07, 6.45) is -3.34. The fourth-order valence-electron chi connectivity index (χ4n) is 2.42. The highest BCUT2D eigenvalue weighted by atomic mass is 32.2. The maximum Gasteiger partial charge on any atom is 0.433 e. The Morgan fingerprint density at radius 1 is 1.33 bits per heavy atom. The van der Waals surface area contributed by atoms with Crippen molar-refractivity contribution in [3.8, 4) is 10.7 Å². The number of aryl methyl sites for hydroxylation is 2. The van der Waals surface area contributed by atoms with Gasteiger partial charge in [-0.05, 0) is 31.1 Å². The number of imidazole rings is 1. The van der Waals surface area contributed by atoms with E-state index in [-0.39, 0.29) is 5.52 Å². The Morgan fingerprint density at radius 3 is 2.67 bits per heavy atom. The third kappa shape index (κ3) is 2.91. The average Bonchev–Trinajstić information content (AvgIpc) is 3.06. The SMILES string of the molecule is CC[S+]([O-])c1cc(C)sc1-c1nc2cc(C(F)(F)F)ncc2n1C. The van der Waals surface area contributed by atoms with Crippen LogP contribution in [0.3, 0.4) is 0 Å². The van der Waals surface area contributed by atoms with E-state index in [1.54, 1.807) is 11.6 Å². The molecule has 4 nitrogen and oxygen atoms in total. The van der Waals surface area contributed by atoms with E-state index in [0.717, 1.165) is 15.8 Å². The molecule has 3 aromatic rings. The number of pyridine rings is 1. The maximum absolute atomic E-state index is 12.8. The number of aromatic nitrogens is 3. The van der Waals surface area contributed by atoms with Crippen LogP contribution in [0.1, 0.15) is 17.5 Å². The summed E-state index contributed by atoms with van der Waals surface area (Å²) in [6.45, 7) is 3.72. The quantitative estimate of drug-likeness (QED) is 0.648. The first-order chi connectivity index (χ1) is 11.2. The number of thiophene rings is 1. The Labute approximate surface area is 143 Å². The molecule has 0 amide bonds. The number of hydrogen-bond donors (Lipinski definition) is 0.